The minimum Gasteiger partial charge on any atom is -0.300 e. The number of carbonyl (C=O) groups is 1. The average Bonchev–Trinajstić information content (AvgIpc) is 2.16. The van der Waals surface area contributed by atoms with E-state index in [2.05, 4.69) is 6.58 Å². The summed E-state index contributed by atoms with van der Waals surface area (Å²) in [6.07, 6.45) is 9.70. The first kappa shape index (κ1) is 11.5. The van der Waals surface area contributed by atoms with Crippen LogP contribution in [0.2, 0.25) is 0 Å². The van der Waals surface area contributed by atoms with Gasteiger partial charge in [0.15, 0.2) is 0 Å². The Balaban J connectivity index is 2.15. The van der Waals surface area contributed by atoms with Gasteiger partial charge in [0.1, 0.15) is 5.78 Å². The molecule has 0 atom stereocenters. The fourth-order valence-corrected chi connectivity index (χ4v) is 2.25. The average molecular weight is 194 g/mol. The molecule has 1 fully saturated rings. The molecule has 0 heterocycles. The maximum absolute atomic E-state index is 10.8. The highest BCUT2D eigenvalue weighted by Gasteiger charge is 2.14. The Morgan fingerprint density at radius 2 is 1.86 bits per heavy atom. The molecule has 0 radical (unpaired) electrons. The Labute approximate surface area is 87.6 Å². The molecule has 1 saturated carbocycles. The number of allylic oxidation sites excluding steroid dienone is 1. The van der Waals surface area contributed by atoms with E-state index in [-0.39, 0.29) is 5.78 Å². The van der Waals surface area contributed by atoms with Gasteiger partial charge in [0.2, 0.25) is 0 Å². The van der Waals surface area contributed by atoms with Crippen molar-refractivity contribution >= 4 is 5.78 Å². The third kappa shape index (κ3) is 4.59. The number of Topliss-reactive ketones (excluding diaryl/α,β-unsaturated/α-hetero) is 1. The van der Waals surface area contributed by atoms with Gasteiger partial charge in [0, 0.05) is 6.42 Å². The van der Waals surface area contributed by atoms with Crippen molar-refractivity contribution in [1.29, 1.82) is 0 Å². The molecular weight excluding hydrogens is 172 g/mol. The maximum atomic E-state index is 10.8. The molecule has 0 bridgehead atoms. The van der Waals surface area contributed by atoms with E-state index in [1.54, 1.807) is 6.92 Å². The minimum absolute atomic E-state index is 0.287. The van der Waals surface area contributed by atoms with Gasteiger partial charge in [-0.15, -0.1) is 0 Å². The Hall–Kier alpha value is -0.590. The zero-order chi connectivity index (χ0) is 10.4. The van der Waals surface area contributed by atoms with Gasteiger partial charge in [-0.25, -0.2) is 0 Å². The summed E-state index contributed by atoms with van der Waals surface area (Å²) in [7, 11) is 0. The SMILES string of the molecule is C=C(CCC(C)=O)CC1CCCCC1. The molecule has 80 valence electrons. The summed E-state index contributed by atoms with van der Waals surface area (Å²) in [5, 5.41) is 0. The molecule has 0 amide bonds. The molecule has 1 nitrogen and oxygen atoms in total. The quantitative estimate of drug-likeness (QED) is 0.607. The fourth-order valence-electron chi connectivity index (χ4n) is 2.25. The molecule has 0 unspecified atom stereocenters. The van der Waals surface area contributed by atoms with E-state index < -0.39 is 0 Å². The molecule has 0 N–H and O–H groups in total. The van der Waals surface area contributed by atoms with E-state index >= 15 is 0 Å². The standard InChI is InChI=1S/C13H22O/c1-11(8-9-12(2)14)10-13-6-4-3-5-7-13/h13H,1,3-10H2,2H3. The highest BCUT2D eigenvalue weighted by Crippen LogP contribution is 2.29. The van der Waals surface area contributed by atoms with Crippen molar-refractivity contribution in [2.45, 2.75) is 58.3 Å². The van der Waals surface area contributed by atoms with Gasteiger partial charge in [0.25, 0.3) is 0 Å². The van der Waals surface area contributed by atoms with Crippen molar-refractivity contribution in [3.8, 4) is 0 Å². The lowest BCUT2D eigenvalue weighted by atomic mass is 9.84. The summed E-state index contributed by atoms with van der Waals surface area (Å²) >= 11 is 0. The van der Waals surface area contributed by atoms with Crippen LogP contribution in [0, 0.1) is 5.92 Å². The third-order valence-electron chi connectivity index (χ3n) is 3.13. The molecule has 1 aliphatic carbocycles. The van der Waals surface area contributed by atoms with E-state index in [0.29, 0.717) is 6.42 Å². The number of hydrogen-bond acceptors (Lipinski definition) is 1. The molecule has 0 aromatic rings. The fraction of sp³-hybridized carbons (Fsp3) is 0.769. The van der Waals surface area contributed by atoms with Gasteiger partial charge in [0.05, 0.1) is 0 Å². The van der Waals surface area contributed by atoms with Crippen molar-refractivity contribution in [1.82, 2.24) is 0 Å². The second kappa shape index (κ2) is 6.00. The van der Waals surface area contributed by atoms with Gasteiger partial charge >= 0.3 is 0 Å². The Morgan fingerprint density at radius 3 is 2.43 bits per heavy atom. The predicted molar refractivity (Wildman–Crippen MR) is 60.2 cm³/mol. The molecule has 0 spiro atoms. The molecule has 0 aromatic carbocycles. The Morgan fingerprint density at radius 1 is 1.21 bits per heavy atom. The van der Waals surface area contributed by atoms with Crippen LogP contribution in [0.25, 0.3) is 0 Å². The first-order valence-electron chi connectivity index (χ1n) is 5.84. The van der Waals surface area contributed by atoms with E-state index in [4.69, 9.17) is 0 Å². The van der Waals surface area contributed by atoms with Crippen molar-refractivity contribution in [2.24, 2.45) is 5.92 Å². The van der Waals surface area contributed by atoms with E-state index in [1.165, 1.54) is 37.7 Å². The second-order valence-corrected chi connectivity index (χ2v) is 4.66. The van der Waals surface area contributed by atoms with Crippen LogP contribution in [0.15, 0.2) is 12.2 Å². The number of ketones is 1. The molecule has 0 saturated heterocycles. The summed E-state index contributed by atoms with van der Waals surface area (Å²) in [5.74, 6) is 1.15. The van der Waals surface area contributed by atoms with Crippen LogP contribution in [0.5, 0.6) is 0 Å². The summed E-state index contributed by atoms with van der Waals surface area (Å²) in [5.41, 5.74) is 1.28. The molecule has 0 aliphatic heterocycles. The summed E-state index contributed by atoms with van der Waals surface area (Å²) < 4.78 is 0. The molecule has 1 aliphatic rings. The van der Waals surface area contributed by atoms with Gasteiger partial charge in [-0.05, 0) is 25.7 Å². The lowest BCUT2D eigenvalue weighted by molar-refractivity contribution is -0.116. The van der Waals surface area contributed by atoms with Crippen LogP contribution in [-0.2, 0) is 4.79 Å². The van der Waals surface area contributed by atoms with Crippen LogP contribution >= 0.6 is 0 Å². The zero-order valence-electron chi connectivity index (χ0n) is 9.35. The summed E-state index contributed by atoms with van der Waals surface area (Å²) in [4.78, 5) is 10.8. The van der Waals surface area contributed by atoms with Crippen LogP contribution < -0.4 is 0 Å². The largest absolute Gasteiger partial charge is 0.300 e. The summed E-state index contributed by atoms with van der Waals surface area (Å²) in [6.45, 7) is 5.73. The molecule has 14 heavy (non-hydrogen) atoms. The molecule has 1 rings (SSSR count). The first-order valence-corrected chi connectivity index (χ1v) is 5.84. The molecule has 0 aromatic heterocycles. The number of carbonyl (C=O) groups excluding carboxylic acids is 1. The van der Waals surface area contributed by atoms with Crippen molar-refractivity contribution in [3.05, 3.63) is 12.2 Å². The van der Waals surface area contributed by atoms with Crippen molar-refractivity contribution in [3.63, 3.8) is 0 Å². The zero-order valence-corrected chi connectivity index (χ0v) is 9.35. The van der Waals surface area contributed by atoms with Gasteiger partial charge < -0.3 is 4.79 Å². The highest BCUT2D eigenvalue weighted by molar-refractivity contribution is 5.75. The number of rotatable bonds is 5. The van der Waals surface area contributed by atoms with Gasteiger partial charge in [-0.2, -0.15) is 0 Å². The Kier molecular flexibility index (Phi) is 4.92. The third-order valence-corrected chi connectivity index (χ3v) is 3.13. The van der Waals surface area contributed by atoms with Crippen LogP contribution in [0.3, 0.4) is 0 Å². The highest BCUT2D eigenvalue weighted by atomic mass is 16.1. The lowest BCUT2D eigenvalue weighted by Crippen LogP contribution is -2.07. The molecular formula is C13H22O. The van der Waals surface area contributed by atoms with Gasteiger partial charge in [-0.3, -0.25) is 0 Å². The smallest absolute Gasteiger partial charge is 0.130 e. The second-order valence-electron chi connectivity index (χ2n) is 4.66. The van der Waals surface area contributed by atoms with E-state index in [9.17, 15) is 4.79 Å². The van der Waals surface area contributed by atoms with E-state index in [0.717, 1.165) is 18.8 Å². The summed E-state index contributed by atoms with van der Waals surface area (Å²) in [6, 6.07) is 0. The topological polar surface area (TPSA) is 17.1 Å². The first-order chi connectivity index (χ1) is 6.68. The predicted octanol–water partition coefficient (Wildman–Crippen LogP) is 3.88. The van der Waals surface area contributed by atoms with E-state index in [1.807, 2.05) is 0 Å². The Bertz CT molecular complexity index is 199. The van der Waals surface area contributed by atoms with Crippen LogP contribution in [0.4, 0.5) is 0 Å². The maximum Gasteiger partial charge on any atom is 0.130 e. The van der Waals surface area contributed by atoms with Crippen molar-refractivity contribution in [2.75, 3.05) is 0 Å². The normalized spacial score (nSPS) is 18.1. The number of hydrogen-bond donors (Lipinski definition) is 0. The van der Waals surface area contributed by atoms with Crippen molar-refractivity contribution < 1.29 is 4.79 Å². The monoisotopic (exact) mass is 194 g/mol. The minimum atomic E-state index is 0.287. The van der Waals surface area contributed by atoms with Gasteiger partial charge in [-0.1, -0.05) is 44.3 Å². The van der Waals surface area contributed by atoms with Crippen LogP contribution in [-0.4, -0.2) is 5.78 Å². The molecule has 1 heteroatoms. The lowest BCUT2D eigenvalue weighted by Gasteiger charge is -2.22. The van der Waals surface area contributed by atoms with Crippen LogP contribution in [0.1, 0.15) is 58.3 Å².